The molecular formula is C8H10ClN3O2. The molecule has 0 aromatic carbocycles. The van der Waals surface area contributed by atoms with Crippen LogP contribution in [-0.2, 0) is 0 Å². The Kier molecular flexibility index (Phi) is 3.24. The van der Waals surface area contributed by atoms with Crippen molar-refractivity contribution >= 4 is 23.5 Å². The highest BCUT2D eigenvalue weighted by molar-refractivity contribution is 6.33. The van der Waals surface area contributed by atoms with E-state index >= 15 is 0 Å². The summed E-state index contributed by atoms with van der Waals surface area (Å²) in [6.45, 7) is 3.80. The van der Waals surface area contributed by atoms with Crippen LogP contribution in [0.1, 0.15) is 24.3 Å². The molecule has 1 aromatic heterocycles. The Morgan fingerprint density at radius 1 is 1.64 bits per heavy atom. The van der Waals surface area contributed by atoms with Gasteiger partial charge in [-0.2, -0.15) is 0 Å². The molecule has 0 spiro atoms. The minimum absolute atomic E-state index is 0.0341. The van der Waals surface area contributed by atoms with Crippen molar-refractivity contribution in [2.45, 2.75) is 19.9 Å². The Morgan fingerprint density at radius 3 is 2.79 bits per heavy atom. The lowest BCUT2D eigenvalue weighted by Crippen LogP contribution is -2.14. The van der Waals surface area contributed by atoms with Gasteiger partial charge in [-0.15, -0.1) is 0 Å². The molecule has 2 N–H and O–H groups in total. The van der Waals surface area contributed by atoms with E-state index in [1.54, 1.807) is 0 Å². The average Bonchev–Trinajstić information content (AvgIpc) is 2.07. The number of hydrogen-bond acceptors (Lipinski definition) is 4. The van der Waals surface area contributed by atoms with Crippen molar-refractivity contribution in [2.24, 2.45) is 0 Å². The van der Waals surface area contributed by atoms with Gasteiger partial charge < -0.3 is 10.4 Å². The Bertz CT molecular complexity index is 354. The number of aromatic nitrogens is 2. The van der Waals surface area contributed by atoms with Gasteiger partial charge in [0.15, 0.2) is 5.69 Å². The molecule has 0 unspecified atom stereocenters. The van der Waals surface area contributed by atoms with E-state index in [1.807, 2.05) is 13.8 Å². The van der Waals surface area contributed by atoms with E-state index in [0.29, 0.717) is 0 Å². The molecular weight excluding hydrogens is 206 g/mol. The summed E-state index contributed by atoms with van der Waals surface area (Å²) in [6.07, 6.45) is 1.27. The molecule has 1 rings (SSSR count). The maximum Gasteiger partial charge on any atom is 0.356 e. The summed E-state index contributed by atoms with van der Waals surface area (Å²) in [6, 6.07) is 0.137. The molecule has 76 valence electrons. The summed E-state index contributed by atoms with van der Waals surface area (Å²) in [5.74, 6) is -0.897. The van der Waals surface area contributed by atoms with Gasteiger partial charge in [-0.05, 0) is 13.8 Å². The first-order chi connectivity index (χ1) is 6.50. The van der Waals surface area contributed by atoms with Crippen molar-refractivity contribution in [1.82, 2.24) is 9.97 Å². The highest BCUT2D eigenvalue weighted by atomic mass is 35.5. The fraction of sp³-hybridized carbons (Fsp3) is 0.375. The molecule has 6 heteroatoms. The van der Waals surface area contributed by atoms with Gasteiger partial charge in [-0.3, -0.25) is 0 Å². The number of anilines is 1. The van der Waals surface area contributed by atoms with E-state index in [0.717, 1.165) is 0 Å². The van der Waals surface area contributed by atoms with Crippen LogP contribution in [0.25, 0.3) is 0 Å². The molecule has 0 radical (unpaired) electrons. The summed E-state index contributed by atoms with van der Waals surface area (Å²) in [7, 11) is 0. The third kappa shape index (κ3) is 2.56. The third-order valence-electron chi connectivity index (χ3n) is 1.36. The maximum atomic E-state index is 10.7. The van der Waals surface area contributed by atoms with Gasteiger partial charge in [0, 0.05) is 6.04 Å². The summed E-state index contributed by atoms with van der Waals surface area (Å²) < 4.78 is 0. The Hall–Kier alpha value is -1.36. The Balaban J connectivity index is 3.00. The van der Waals surface area contributed by atoms with Gasteiger partial charge in [-0.25, -0.2) is 14.8 Å². The highest BCUT2D eigenvalue weighted by Crippen LogP contribution is 2.14. The number of carbonyl (C=O) groups is 1. The zero-order valence-electron chi connectivity index (χ0n) is 7.78. The first-order valence-corrected chi connectivity index (χ1v) is 4.41. The molecule has 0 saturated carbocycles. The van der Waals surface area contributed by atoms with E-state index in [2.05, 4.69) is 15.3 Å². The van der Waals surface area contributed by atoms with Crippen molar-refractivity contribution < 1.29 is 9.90 Å². The van der Waals surface area contributed by atoms with E-state index in [1.165, 1.54) is 6.20 Å². The molecule has 0 amide bonds. The number of carboxylic acid groups (broad SMARTS) is 1. The Morgan fingerprint density at radius 2 is 2.29 bits per heavy atom. The summed E-state index contributed by atoms with van der Waals surface area (Å²) in [4.78, 5) is 18.3. The van der Waals surface area contributed by atoms with Crippen LogP contribution >= 0.6 is 11.6 Å². The van der Waals surface area contributed by atoms with Crippen molar-refractivity contribution in [3.63, 3.8) is 0 Å². The minimum Gasteiger partial charge on any atom is -0.476 e. The van der Waals surface area contributed by atoms with Crippen LogP contribution in [0, 0.1) is 0 Å². The molecule has 0 bridgehead atoms. The number of carboxylic acids is 1. The highest BCUT2D eigenvalue weighted by Gasteiger charge is 2.12. The summed E-state index contributed by atoms with van der Waals surface area (Å²) in [5.41, 5.74) is -0.190. The number of nitrogens with zero attached hydrogens (tertiary/aromatic N) is 2. The molecule has 0 saturated heterocycles. The van der Waals surface area contributed by atoms with Crippen LogP contribution < -0.4 is 5.32 Å². The van der Waals surface area contributed by atoms with E-state index < -0.39 is 5.97 Å². The zero-order chi connectivity index (χ0) is 10.7. The molecule has 0 aliphatic carbocycles. The molecule has 0 atom stereocenters. The number of nitrogens with one attached hydrogen (secondary N) is 1. The second kappa shape index (κ2) is 4.23. The fourth-order valence-corrected chi connectivity index (χ4v) is 1.02. The topological polar surface area (TPSA) is 75.1 Å². The molecule has 14 heavy (non-hydrogen) atoms. The van der Waals surface area contributed by atoms with Crippen molar-refractivity contribution in [3.05, 3.63) is 16.9 Å². The summed E-state index contributed by atoms with van der Waals surface area (Å²) >= 11 is 5.59. The maximum absolute atomic E-state index is 10.7. The minimum atomic E-state index is -1.16. The zero-order valence-corrected chi connectivity index (χ0v) is 8.54. The van der Waals surface area contributed by atoms with Crippen LogP contribution in [-0.4, -0.2) is 27.1 Å². The fourth-order valence-electron chi connectivity index (χ4n) is 0.845. The quantitative estimate of drug-likeness (QED) is 0.802. The number of aromatic carboxylic acids is 1. The average molecular weight is 216 g/mol. The van der Waals surface area contributed by atoms with Gasteiger partial charge >= 0.3 is 5.97 Å². The molecule has 5 nitrogen and oxygen atoms in total. The second-order valence-corrected chi connectivity index (χ2v) is 3.40. The molecule has 1 heterocycles. The molecule has 0 aliphatic rings. The van der Waals surface area contributed by atoms with E-state index in [4.69, 9.17) is 16.7 Å². The first kappa shape index (κ1) is 10.7. The third-order valence-corrected chi connectivity index (χ3v) is 1.64. The standard InChI is InChI=1S/C8H10ClN3O2/c1-4(2)11-8-10-3-5(9)6(12-8)7(13)14/h3-4H,1-2H3,(H,13,14)(H,10,11,12). The van der Waals surface area contributed by atoms with Crippen LogP contribution in [0.4, 0.5) is 5.95 Å². The van der Waals surface area contributed by atoms with Gasteiger partial charge in [0.1, 0.15) is 0 Å². The largest absolute Gasteiger partial charge is 0.476 e. The summed E-state index contributed by atoms with van der Waals surface area (Å²) in [5, 5.41) is 11.6. The Labute approximate surface area is 86.1 Å². The van der Waals surface area contributed by atoms with Gasteiger partial charge in [0.2, 0.25) is 5.95 Å². The predicted octanol–water partition coefficient (Wildman–Crippen LogP) is 1.65. The van der Waals surface area contributed by atoms with E-state index in [-0.39, 0.29) is 22.7 Å². The normalized spacial score (nSPS) is 10.3. The van der Waals surface area contributed by atoms with Crippen LogP contribution in [0.5, 0.6) is 0 Å². The van der Waals surface area contributed by atoms with Crippen LogP contribution in [0.15, 0.2) is 6.20 Å². The molecule has 0 aliphatic heterocycles. The number of rotatable bonds is 3. The lowest BCUT2D eigenvalue weighted by atomic mass is 10.4. The lowest BCUT2D eigenvalue weighted by Gasteiger charge is -2.08. The van der Waals surface area contributed by atoms with Crippen LogP contribution in [0.2, 0.25) is 5.02 Å². The monoisotopic (exact) mass is 215 g/mol. The number of halogens is 1. The van der Waals surface area contributed by atoms with Gasteiger partial charge in [-0.1, -0.05) is 11.6 Å². The van der Waals surface area contributed by atoms with E-state index in [9.17, 15) is 4.79 Å². The molecule has 0 fully saturated rings. The second-order valence-electron chi connectivity index (χ2n) is 2.99. The SMILES string of the molecule is CC(C)Nc1ncc(Cl)c(C(=O)O)n1. The molecule has 1 aromatic rings. The van der Waals surface area contributed by atoms with Crippen molar-refractivity contribution in [1.29, 1.82) is 0 Å². The lowest BCUT2D eigenvalue weighted by molar-refractivity contribution is 0.0690. The van der Waals surface area contributed by atoms with Gasteiger partial charge in [0.25, 0.3) is 0 Å². The smallest absolute Gasteiger partial charge is 0.356 e. The van der Waals surface area contributed by atoms with Gasteiger partial charge in [0.05, 0.1) is 11.2 Å². The first-order valence-electron chi connectivity index (χ1n) is 4.03. The van der Waals surface area contributed by atoms with Crippen LogP contribution in [0.3, 0.4) is 0 Å². The predicted molar refractivity (Wildman–Crippen MR) is 52.8 cm³/mol. The number of hydrogen-bond donors (Lipinski definition) is 2. The van der Waals surface area contributed by atoms with Crippen molar-refractivity contribution in [3.8, 4) is 0 Å². The van der Waals surface area contributed by atoms with Crippen molar-refractivity contribution in [2.75, 3.05) is 5.32 Å².